The molecule has 1 amide bonds. The minimum atomic E-state index is -0.00946. The van der Waals surface area contributed by atoms with Crippen LogP contribution in [0.3, 0.4) is 0 Å². The number of nitrogens with zero attached hydrogens (tertiary/aromatic N) is 2. The summed E-state index contributed by atoms with van der Waals surface area (Å²) in [5, 5.41) is 0. The third-order valence-electron chi connectivity index (χ3n) is 5.06. The average Bonchev–Trinajstić information content (AvgIpc) is 3.39. The highest BCUT2D eigenvalue weighted by Crippen LogP contribution is 2.38. The molecule has 1 aliphatic carbocycles. The zero-order valence-electron chi connectivity index (χ0n) is 16.4. The molecule has 0 saturated heterocycles. The molecule has 0 aliphatic heterocycles. The summed E-state index contributed by atoms with van der Waals surface area (Å²) in [7, 11) is 3.48. The van der Waals surface area contributed by atoms with Crippen molar-refractivity contribution in [2.45, 2.75) is 46.2 Å². The quantitative estimate of drug-likeness (QED) is 0.721. The van der Waals surface area contributed by atoms with Crippen LogP contribution in [0.1, 0.15) is 47.0 Å². The number of methoxy groups -OCH3 is 1. The monoisotopic (exact) mass is 352 g/mol. The fourth-order valence-corrected chi connectivity index (χ4v) is 3.52. The lowest BCUT2D eigenvalue weighted by molar-refractivity contribution is -0.125. The van der Waals surface area contributed by atoms with E-state index in [4.69, 9.17) is 4.74 Å². The van der Waals surface area contributed by atoms with Crippen LogP contribution >= 0.6 is 0 Å². The molecule has 1 saturated carbocycles. The molecule has 4 heteroatoms. The van der Waals surface area contributed by atoms with Crippen molar-refractivity contribution < 1.29 is 9.53 Å². The lowest BCUT2D eigenvalue weighted by atomic mass is 10.1. The van der Waals surface area contributed by atoms with Gasteiger partial charge >= 0.3 is 0 Å². The van der Waals surface area contributed by atoms with Gasteiger partial charge in [0.1, 0.15) is 5.75 Å². The number of rotatable bonds is 6. The van der Waals surface area contributed by atoms with Crippen molar-refractivity contribution in [2.75, 3.05) is 14.2 Å². The molecule has 26 heavy (non-hydrogen) atoms. The molecular formula is C22H28N2O2. The van der Waals surface area contributed by atoms with Crippen LogP contribution in [0.15, 0.2) is 30.3 Å². The van der Waals surface area contributed by atoms with Crippen molar-refractivity contribution in [3.8, 4) is 5.75 Å². The fraction of sp³-hybridized carbons (Fsp3) is 0.409. The van der Waals surface area contributed by atoms with Crippen molar-refractivity contribution in [1.29, 1.82) is 0 Å². The minimum absolute atomic E-state index is 0.00946. The lowest BCUT2D eigenvalue weighted by Gasteiger charge is -2.17. The van der Waals surface area contributed by atoms with Gasteiger partial charge in [-0.25, -0.2) is 0 Å². The third-order valence-corrected chi connectivity index (χ3v) is 5.06. The molecule has 1 aromatic carbocycles. The Morgan fingerprint density at radius 2 is 2.00 bits per heavy atom. The molecule has 0 spiro atoms. The summed E-state index contributed by atoms with van der Waals surface area (Å²) in [6.45, 7) is 6.84. The van der Waals surface area contributed by atoms with Crippen LogP contribution in [0.5, 0.6) is 5.75 Å². The van der Waals surface area contributed by atoms with E-state index in [1.807, 2.05) is 32.2 Å². The van der Waals surface area contributed by atoms with Crippen LogP contribution in [0.25, 0.3) is 6.08 Å². The summed E-state index contributed by atoms with van der Waals surface area (Å²) in [6, 6.07) is 8.85. The van der Waals surface area contributed by atoms with E-state index in [0.717, 1.165) is 22.4 Å². The van der Waals surface area contributed by atoms with Gasteiger partial charge in [0, 0.05) is 42.7 Å². The maximum absolute atomic E-state index is 12.5. The second kappa shape index (κ2) is 7.40. The van der Waals surface area contributed by atoms with Crippen molar-refractivity contribution in [3.63, 3.8) is 0 Å². The van der Waals surface area contributed by atoms with E-state index in [0.29, 0.717) is 12.6 Å². The number of aryl methyl sites for hydroxylation is 2. The van der Waals surface area contributed by atoms with Crippen molar-refractivity contribution in [3.05, 3.63) is 58.4 Å². The smallest absolute Gasteiger partial charge is 0.246 e. The maximum atomic E-state index is 12.5. The van der Waals surface area contributed by atoms with Crippen molar-refractivity contribution in [1.82, 2.24) is 9.47 Å². The van der Waals surface area contributed by atoms with Crippen LogP contribution in [-0.2, 0) is 11.3 Å². The number of aromatic nitrogens is 1. The van der Waals surface area contributed by atoms with Gasteiger partial charge in [-0.2, -0.15) is 0 Å². The van der Waals surface area contributed by atoms with Gasteiger partial charge in [-0.15, -0.1) is 0 Å². The predicted octanol–water partition coefficient (Wildman–Crippen LogP) is 4.43. The number of benzene rings is 1. The molecule has 0 N–H and O–H groups in total. The van der Waals surface area contributed by atoms with Crippen LogP contribution < -0.4 is 4.74 Å². The molecule has 0 unspecified atom stereocenters. The maximum Gasteiger partial charge on any atom is 0.246 e. The van der Waals surface area contributed by atoms with Gasteiger partial charge in [-0.1, -0.05) is 17.7 Å². The summed E-state index contributed by atoms with van der Waals surface area (Å²) >= 11 is 0. The number of carbonyl (C=O) groups is 1. The van der Waals surface area contributed by atoms with E-state index in [9.17, 15) is 4.79 Å². The van der Waals surface area contributed by atoms with Gasteiger partial charge in [-0.05, 0) is 57.4 Å². The first-order chi connectivity index (χ1) is 12.4. The second-order valence-corrected chi connectivity index (χ2v) is 7.27. The van der Waals surface area contributed by atoms with Gasteiger partial charge in [0.2, 0.25) is 5.91 Å². The molecule has 2 aromatic rings. The fourth-order valence-electron chi connectivity index (χ4n) is 3.52. The number of hydrogen-bond acceptors (Lipinski definition) is 2. The SMILES string of the molecule is COc1ccc(C)cc1CN(C)C(=O)/C=C/c1cc(C)n(C2CC2)c1C. The normalized spacial score (nSPS) is 14.0. The predicted molar refractivity (Wildman–Crippen MR) is 105 cm³/mol. The highest BCUT2D eigenvalue weighted by molar-refractivity contribution is 5.91. The van der Waals surface area contributed by atoms with Crippen LogP contribution in [0.4, 0.5) is 0 Å². The first-order valence-electron chi connectivity index (χ1n) is 9.16. The third kappa shape index (κ3) is 3.85. The highest BCUT2D eigenvalue weighted by Gasteiger charge is 2.26. The Hall–Kier alpha value is -2.49. The molecule has 1 aliphatic rings. The minimum Gasteiger partial charge on any atom is -0.496 e. The van der Waals surface area contributed by atoms with Crippen LogP contribution in [-0.4, -0.2) is 29.5 Å². The molecule has 0 radical (unpaired) electrons. The number of carbonyl (C=O) groups excluding carboxylic acids is 1. The van der Waals surface area contributed by atoms with E-state index in [-0.39, 0.29) is 5.91 Å². The van der Waals surface area contributed by atoms with E-state index >= 15 is 0 Å². The molecule has 1 aromatic heterocycles. The molecule has 0 atom stereocenters. The summed E-state index contributed by atoms with van der Waals surface area (Å²) in [5.41, 5.74) is 5.82. The average molecular weight is 352 g/mol. The summed E-state index contributed by atoms with van der Waals surface area (Å²) < 4.78 is 7.81. The number of amides is 1. The number of ether oxygens (including phenoxy) is 1. The largest absolute Gasteiger partial charge is 0.496 e. The highest BCUT2D eigenvalue weighted by atomic mass is 16.5. The molecule has 1 fully saturated rings. The zero-order chi connectivity index (χ0) is 18.8. The van der Waals surface area contributed by atoms with Crippen LogP contribution in [0.2, 0.25) is 0 Å². The van der Waals surface area contributed by atoms with E-state index < -0.39 is 0 Å². The van der Waals surface area contributed by atoms with Crippen LogP contribution in [0, 0.1) is 20.8 Å². The lowest BCUT2D eigenvalue weighted by Crippen LogP contribution is -2.24. The Morgan fingerprint density at radius 1 is 1.27 bits per heavy atom. The van der Waals surface area contributed by atoms with E-state index in [2.05, 4.69) is 30.5 Å². The summed E-state index contributed by atoms with van der Waals surface area (Å²) in [6.07, 6.45) is 6.13. The first-order valence-corrected chi connectivity index (χ1v) is 9.16. The van der Waals surface area contributed by atoms with Gasteiger partial charge in [0.15, 0.2) is 0 Å². The Balaban J connectivity index is 1.71. The number of likely N-dealkylation sites (N-methyl/N-ethyl adjacent to an activating group) is 1. The van der Waals surface area contributed by atoms with E-state index in [1.165, 1.54) is 24.2 Å². The standard InChI is InChI=1S/C22H28N2O2/c1-15-6-10-21(26-5)19(12-15)14-23(4)22(25)11-7-18-13-16(2)24(17(18)3)20-8-9-20/h6-7,10-13,20H,8-9,14H2,1-5H3/b11-7+. The Bertz CT molecular complexity index is 844. The first kappa shape index (κ1) is 18.3. The zero-order valence-corrected chi connectivity index (χ0v) is 16.4. The number of hydrogen-bond donors (Lipinski definition) is 0. The van der Waals surface area contributed by atoms with Gasteiger partial charge < -0.3 is 14.2 Å². The Kier molecular flexibility index (Phi) is 5.21. The molecule has 0 bridgehead atoms. The van der Waals surface area contributed by atoms with Gasteiger partial charge in [0.05, 0.1) is 7.11 Å². The summed E-state index contributed by atoms with van der Waals surface area (Å²) in [5.74, 6) is 0.803. The molecule has 138 valence electrons. The molecule has 1 heterocycles. The van der Waals surface area contributed by atoms with E-state index in [1.54, 1.807) is 18.1 Å². The Morgan fingerprint density at radius 3 is 2.65 bits per heavy atom. The van der Waals surface area contributed by atoms with Gasteiger partial charge in [-0.3, -0.25) is 4.79 Å². The molecule has 3 rings (SSSR count). The second-order valence-electron chi connectivity index (χ2n) is 7.27. The van der Waals surface area contributed by atoms with Crippen molar-refractivity contribution in [2.24, 2.45) is 0 Å². The Labute approximate surface area is 156 Å². The topological polar surface area (TPSA) is 34.5 Å². The summed E-state index contributed by atoms with van der Waals surface area (Å²) in [4.78, 5) is 14.3. The molecular weight excluding hydrogens is 324 g/mol. The van der Waals surface area contributed by atoms with Crippen molar-refractivity contribution >= 4 is 12.0 Å². The molecule has 4 nitrogen and oxygen atoms in total. The van der Waals surface area contributed by atoms with Gasteiger partial charge in [0.25, 0.3) is 0 Å².